The molecular formula is C14H23NO3S. The third-order valence-corrected chi connectivity index (χ3v) is 4.02. The predicted molar refractivity (Wildman–Crippen MR) is 78.0 cm³/mol. The Labute approximate surface area is 117 Å². The van der Waals surface area contributed by atoms with Crippen LogP contribution in [0.4, 0.5) is 0 Å². The zero-order chi connectivity index (χ0) is 14.5. The van der Waals surface area contributed by atoms with Crippen LogP contribution in [0.2, 0.25) is 0 Å². The van der Waals surface area contributed by atoms with Crippen molar-refractivity contribution in [2.45, 2.75) is 37.3 Å². The average molecular weight is 285 g/mol. The van der Waals surface area contributed by atoms with E-state index in [4.69, 9.17) is 4.74 Å². The van der Waals surface area contributed by atoms with E-state index in [9.17, 15) is 9.32 Å². The highest BCUT2D eigenvalue weighted by Crippen LogP contribution is 2.14. The smallest absolute Gasteiger partial charge is 0.118 e. The van der Waals surface area contributed by atoms with Crippen LogP contribution in [-0.2, 0) is 10.8 Å². The summed E-state index contributed by atoms with van der Waals surface area (Å²) in [6.07, 6.45) is -0.623. The minimum absolute atomic E-state index is 0.0530. The van der Waals surface area contributed by atoms with E-state index in [0.717, 1.165) is 5.75 Å². The Morgan fingerprint density at radius 2 is 1.89 bits per heavy atom. The van der Waals surface area contributed by atoms with Gasteiger partial charge in [0.1, 0.15) is 5.75 Å². The van der Waals surface area contributed by atoms with Crippen molar-refractivity contribution in [3.63, 3.8) is 0 Å². The van der Waals surface area contributed by atoms with Gasteiger partial charge in [-0.1, -0.05) is 0 Å². The molecule has 0 amide bonds. The predicted octanol–water partition coefficient (Wildman–Crippen LogP) is 1.55. The average Bonchev–Trinajstić information content (AvgIpc) is 2.35. The summed E-state index contributed by atoms with van der Waals surface area (Å²) in [5.74, 6) is 0.964. The molecule has 108 valence electrons. The monoisotopic (exact) mass is 285 g/mol. The molecule has 0 spiro atoms. The quantitative estimate of drug-likeness (QED) is 0.832. The van der Waals surface area contributed by atoms with Gasteiger partial charge in [-0.05, 0) is 45.0 Å². The summed E-state index contributed by atoms with van der Waals surface area (Å²) < 4.78 is 17.1. The van der Waals surface area contributed by atoms with E-state index in [1.165, 1.54) is 0 Å². The molecule has 0 radical (unpaired) electrons. The van der Waals surface area contributed by atoms with E-state index < -0.39 is 16.9 Å². The second-order valence-corrected chi connectivity index (χ2v) is 6.97. The van der Waals surface area contributed by atoms with Crippen LogP contribution in [0.3, 0.4) is 0 Å². The first-order valence-electron chi connectivity index (χ1n) is 6.27. The Kier molecular flexibility index (Phi) is 5.97. The minimum atomic E-state index is -1.20. The number of rotatable bonds is 6. The fourth-order valence-electron chi connectivity index (χ4n) is 1.48. The Morgan fingerprint density at radius 3 is 2.37 bits per heavy atom. The van der Waals surface area contributed by atoms with Crippen molar-refractivity contribution in [1.82, 2.24) is 5.32 Å². The van der Waals surface area contributed by atoms with Crippen LogP contribution in [0.25, 0.3) is 0 Å². The molecule has 0 saturated carbocycles. The second kappa shape index (κ2) is 7.03. The normalized spacial score (nSPS) is 15.0. The molecule has 4 nitrogen and oxygen atoms in total. The highest BCUT2D eigenvalue weighted by atomic mass is 32.2. The molecule has 2 unspecified atom stereocenters. The van der Waals surface area contributed by atoms with E-state index in [-0.39, 0.29) is 11.3 Å². The summed E-state index contributed by atoms with van der Waals surface area (Å²) in [6.45, 7) is 6.52. The fraction of sp³-hybridized carbons (Fsp3) is 0.571. The van der Waals surface area contributed by atoms with Gasteiger partial charge in [-0.3, -0.25) is 4.21 Å². The van der Waals surface area contributed by atoms with Crippen LogP contribution < -0.4 is 10.1 Å². The van der Waals surface area contributed by atoms with E-state index in [2.05, 4.69) is 5.32 Å². The first kappa shape index (κ1) is 16.1. The van der Waals surface area contributed by atoms with Crippen molar-refractivity contribution in [2.24, 2.45) is 0 Å². The molecule has 0 aliphatic rings. The van der Waals surface area contributed by atoms with Crippen LogP contribution in [-0.4, -0.2) is 40.4 Å². The molecule has 2 atom stereocenters. The Bertz CT molecular complexity index is 412. The van der Waals surface area contributed by atoms with Crippen molar-refractivity contribution in [3.8, 4) is 5.75 Å². The first-order valence-corrected chi connectivity index (χ1v) is 7.59. The van der Waals surface area contributed by atoms with Crippen molar-refractivity contribution in [3.05, 3.63) is 24.3 Å². The lowest BCUT2D eigenvalue weighted by Crippen LogP contribution is -2.42. The van der Waals surface area contributed by atoms with Crippen molar-refractivity contribution >= 4 is 10.8 Å². The van der Waals surface area contributed by atoms with Crippen LogP contribution in [0, 0.1) is 0 Å². The van der Waals surface area contributed by atoms with Crippen LogP contribution in [0.15, 0.2) is 29.2 Å². The van der Waals surface area contributed by atoms with Gasteiger partial charge in [0.25, 0.3) is 0 Å². The summed E-state index contributed by atoms with van der Waals surface area (Å²) in [5.41, 5.74) is -0.0530. The number of methoxy groups -OCH3 is 1. The SMILES string of the molecule is COc1ccc(S(=O)CC(O)CNC(C)(C)C)cc1. The third kappa shape index (κ3) is 6.18. The molecule has 0 aliphatic carbocycles. The summed E-state index contributed by atoms with van der Waals surface area (Å²) in [6, 6.07) is 7.07. The molecule has 0 heterocycles. The summed E-state index contributed by atoms with van der Waals surface area (Å²) in [5, 5.41) is 13.1. The van der Waals surface area contributed by atoms with Gasteiger partial charge in [0.2, 0.25) is 0 Å². The molecule has 0 saturated heterocycles. The largest absolute Gasteiger partial charge is 0.497 e. The van der Waals surface area contributed by atoms with Crippen LogP contribution in [0.1, 0.15) is 20.8 Å². The number of nitrogens with one attached hydrogen (secondary N) is 1. The molecule has 19 heavy (non-hydrogen) atoms. The Hall–Kier alpha value is -0.910. The maximum atomic E-state index is 12.1. The zero-order valence-electron chi connectivity index (χ0n) is 12.0. The van der Waals surface area contributed by atoms with Gasteiger partial charge in [-0.2, -0.15) is 0 Å². The highest BCUT2D eigenvalue weighted by molar-refractivity contribution is 7.85. The van der Waals surface area contributed by atoms with Gasteiger partial charge < -0.3 is 15.2 Å². The lowest BCUT2D eigenvalue weighted by molar-refractivity contribution is 0.182. The molecule has 2 N–H and O–H groups in total. The first-order chi connectivity index (χ1) is 8.81. The minimum Gasteiger partial charge on any atom is -0.497 e. The fourth-order valence-corrected chi connectivity index (χ4v) is 2.58. The van der Waals surface area contributed by atoms with Crippen molar-refractivity contribution in [1.29, 1.82) is 0 Å². The van der Waals surface area contributed by atoms with E-state index in [0.29, 0.717) is 11.4 Å². The van der Waals surface area contributed by atoms with Crippen molar-refractivity contribution < 1.29 is 14.1 Å². The highest BCUT2D eigenvalue weighted by Gasteiger charge is 2.15. The molecule has 0 bridgehead atoms. The molecule has 1 rings (SSSR count). The molecular weight excluding hydrogens is 262 g/mol. The lowest BCUT2D eigenvalue weighted by atomic mass is 10.1. The maximum absolute atomic E-state index is 12.1. The Morgan fingerprint density at radius 1 is 1.32 bits per heavy atom. The van der Waals surface area contributed by atoms with Crippen LogP contribution in [0.5, 0.6) is 5.75 Å². The summed E-state index contributed by atoms with van der Waals surface area (Å²) in [4.78, 5) is 0.704. The maximum Gasteiger partial charge on any atom is 0.118 e. The zero-order valence-corrected chi connectivity index (χ0v) is 12.8. The number of aliphatic hydroxyl groups is 1. The standard InChI is InChI=1S/C14H23NO3S/c1-14(2,3)15-9-11(16)10-19(17)13-7-5-12(18-4)6-8-13/h5-8,11,15-16H,9-10H2,1-4H3. The molecule has 0 fully saturated rings. The number of benzene rings is 1. The lowest BCUT2D eigenvalue weighted by Gasteiger charge is -2.22. The van der Waals surface area contributed by atoms with E-state index in [1.807, 2.05) is 20.8 Å². The van der Waals surface area contributed by atoms with E-state index >= 15 is 0 Å². The van der Waals surface area contributed by atoms with Crippen molar-refractivity contribution in [2.75, 3.05) is 19.4 Å². The van der Waals surface area contributed by atoms with Crippen LogP contribution >= 0.6 is 0 Å². The molecule has 1 aromatic rings. The van der Waals surface area contributed by atoms with Gasteiger partial charge in [0.05, 0.1) is 29.8 Å². The number of hydrogen-bond donors (Lipinski definition) is 2. The van der Waals surface area contributed by atoms with E-state index in [1.54, 1.807) is 31.4 Å². The number of β-amino-alcohol motifs (C(OH)–C–C–N with tert-alkyl or cyclic N) is 1. The summed E-state index contributed by atoms with van der Waals surface area (Å²) in [7, 11) is 0.394. The Balaban J connectivity index is 2.49. The third-order valence-electron chi connectivity index (χ3n) is 2.53. The topological polar surface area (TPSA) is 58.6 Å². The van der Waals surface area contributed by atoms with Gasteiger partial charge in [0, 0.05) is 17.0 Å². The summed E-state index contributed by atoms with van der Waals surface area (Å²) >= 11 is 0. The molecule has 1 aromatic carbocycles. The van der Waals surface area contributed by atoms with Gasteiger partial charge >= 0.3 is 0 Å². The number of aliphatic hydroxyl groups excluding tert-OH is 1. The van der Waals surface area contributed by atoms with Gasteiger partial charge in [-0.15, -0.1) is 0 Å². The van der Waals surface area contributed by atoms with Gasteiger partial charge in [0.15, 0.2) is 0 Å². The molecule has 0 aliphatic heterocycles. The molecule has 0 aromatic heterocycles. The second-order valence-electron chi connectivity index (χ2n) is 5.47. The molecule has 5 heteroatoms. The number of hydrogen-bond acceptors (Lipinski definition) is 4. The van der Waals surface area contributed by atoms with Gasteiger partial charge in [-0.25, -0.2) is 0 Å². The number of ether oxygens (including phenoxy) is 1.